The molecule has 0 heterocycles. The van der Waals surface area contributed by atoms with E-state index in [1.807, 2.05) is 42.5 Å². The molecule has 5 heteroatoms. The monoisotopic (exact) mass is 408 g/mol. The standard InChI is InChI=1S/C25H28O5/c1-17(25(28)29)19-10-11-21-16-22(13-12-20(21)15-19)30-14-5-3-2-4-7-18-8-6-9-23(26)24(18)27/h6,8-13,15-17,26-27H,2-5,7,14H2,1H3,(H,28,29). The van der Waals surface area contributed by atoms with Crippen molar-refractivity contribution < 1.29 is 24.9 Å². The number of benzene rings is 3. The Balaban J connectivity index is 1.42. The van der Waals surface area contributed by atoms with Gasteiger partial charge >= 0.3 is 5.97 Å². The number of unbranched alkanes of at least 4 members (excludes halogenated alkanes) is 3. The van der Waals surface area contributed by atoms with Crippen LogP contribution in [0.3, 0.4) is 0 Å². The summed E-state index contributed by atoms with van der Waals surface area (Å²) in [6.07, 6.45) is 4.70. The predicted octanol–water partition coefficient (Wildman–Crippen LogP) is 5.62. The summed E-state index contributed by atoms with van der Waals surface area (Å²) in [5, 5.41) is 30.5. The second-order valence-corrected chi connectivity index (χ2v) is 7.63. The fraction of sp³-hybridized carbons (Fsp3) is 0.320. The summed E-state index contributed by atoms with van der Waals surface area (Å²) >= 11 is 0. The number of ether oxygens (including phenoxy) is 1. The average Bonchev–Trinajstić information content (AvgIpc) is 2.74. The van der Waals surface area contributed by atoms with Gasteiger partial charge in [-0.05, 0) is 66.3 Å². The molecule has 158 valence electrons. The summed E-state index contributed by atoms with van der Waals surface area (Å²) in [6.45, 7) is 2.32. The molecule has 0 bridgehead atoms. The molecule has 0 fully saturated rings. The molecule has 0 aliphatic rings. The predicted molar refractivity (Wildman–Crippen MR) is 117 cm³/mol. The highest BCUT2D eigenvalue weighted by Gasteiger charge is 2.13. The van der Waals surface area contributed by atoms with Crippen LogP contribution in [0.2, 0.25) is 0 Å². The van der Waals surface area contributed by atoms with E-state index < -0.39 is 11.9 Å². The number of hydrogen-bond donors (Lipinski definition) is 3. The zero-order chi connectivity index (χ0) is 21.5. The number of carbonyl (C=O) groups is 1. The average molecular weight is 408 g/mol. The normalized spacial score (nSPS) is 12.0. The van der Waals surface area contributed by atoms with E-state index in [0.717, 1.165) is 59.8 Å². The molecule has 0 aliphatic carbocycles. The van der Waals surface area contributed by atoms with Crippen molar-refractivity contribution in [1.29, 1.82) is 0 Å². The van der Waals surface area contributed by atoms with Crippen LogP contribution in [0.4, 0.5) is 0 Å². The van der Waals surface area contributed by atoms with Crippen LogP contribution in [0.5, 0.6) is 17.2 Å². The molecule has 5 nitrogen and oxygen atoms in total. The van der Waals surface area contributed by atoms with Gasteiger partial charge in [0, 0.05) is 0 Å². The van der Waals surface area contributed by atoms with E-state index in [9.17, 15) is 15.0 Å². The number of aryl methyl sites for hydroxylation is 1. The van der Waals surface area contributed by atoms with E-state index in [1.54, 1.807) is 13.0 Å². The minimum Gasteiger partial charge on any atom is -0.504 e. The third-order valence-electron chi connectivity index (χ3n) is 5.41. The van der Waals surface area contributed by atoms with Crippen LogP contribution in [-0.2, 0) is 11.2 Å². The first-order valence-corrected chi connectivity index (χ1v) is 10.3. The SMILES string of the molecule is CC(C(=O)O)c1ccc2cc(OCCCCCCc3cccc(O)c3O)ccc2c1. The Morgan fingerprint density at radius 3 is 2.47 bits per heavy atom. The van der Waals surface area contributed by atoms with E-state index in [0.29, 0.717) is 6.61 Å². The first-order valence-electron chi connectivity index (χ1n) is 10.3. The maximum Gasteiger partial charge on any atom is 0.310 e. The zero-order valence-corrected chi connectivity index (χ0v) is 17.2. The van der Waals surface area contributed by atoms with Gasteiger partial charge in [-0.2, -0.15) is 0 Å². The minimum absolute atomic E-state index is 0.0123. The molecule has 0 aromatic heterocycles. The number of fused-ring (bicyclic) bond motifs is 1. The molecule has 1 atom stereocenters. The van der Waals surface area contributed by atoms with Gasteiger partial charge in [0.25, 0.3) is 0 Å². The number of carboxylic acids is 1. The zero-order valence-electron chi connectivity index (χ0n) is 17.2. The van der Waals surface area contributed by atoms with Gasteiger partial charge < -0.3 is 20.1 Å². The molecule has 3 aromatic rings. The molecule has 3 aromatic carbocycles. The van der Waals surface area contributed by atoms with Gasteiger partial charge in [-0.3, -0.25) is 4.79 Å². The van der Waals surface area contributed by atoms with Gasteiger partial charge in [-0.15, -0.1) is 0 Å². The van der Waals surface area contributed by atoms with Crippen LogP contribution < -0.4 is 4.74 Å². The van der Waals surface area contributed by atoms with Gasteiger partial charge in [0.05, 0.1) is 12.5 Å². The summed E-state index contributed by atoms with van der Waals surface area (Å²) < 4.78 is 5.86. The number of carboxylic acid groups (broad SMARTS) is 1. The quantitative estimate of drug-likeness (QED) is 0.299. The van der Waals surface area contributed by atoms with Gasteiger partial charge in [-0.1, -0.05) is 49.2 Å². The molecule has 0 radical (unpaired) electrons. The van der Waals surface area contributed by atoms with E-state index in [4.69, 9.17) is 9.84 Å². The second-order valence-electron chi connectivity index (χ2n) is 7.63. The van der Waals surface area contributed by atoms with E-state index >= 15 is 0 Å². The second kappa shape index (κ2) is 10.0. The highest BCUT2D eigenvalue weighted by Crippen LogP contribution is 2.29. The van der Waals surface area contributed by atoms with E-state index in [1.165, 1.54) is 6.07 Å². The van der Waals surface area contributed by atoms with Crippen LogP contribution in [-0.4, -0.2) is 27.9 Å². The van der Waals surface area contributed by atoms with E-state index in [-0.39, 0.29) is 11.5 Å². The molecule has 0 spiro atoms. The van der Waals surface area contributed by atoms with Crippen molar-refractivity contribution in [1.82, 2.24) is 0 Å². The largest absolute Gasteiger partial charge is 0.504 e. The van der Waals surface area contributed by atoms with Crippen molar-refractivity contribution in [2.75, 3.05) is 6.61 Å². The molecule has 3 N–H and O–H groups in total. The minimum atomic E-state index is -0.826. The molecule has 0 aliphatic heterocycles. The summed E-state index contributed by atoms with van der Waals surface area (Å²) in [5.74, 6) is -0.619. The maximum atomic E-state index is 11.2. The molecule has 30 heavy (non-hydrogen) atoms. The smallest absolute Gasteiger partial charge is 0.310 e. The van der Waals surface area contributed by atoms with Crippen molar-refractivity contribution in [2.24, 2.45) is 0 Å². The highest BCUT2D eigenvalue weighted by atomic mass is 16.5. The van der Waals surface area contributed by atoms with Crippen molar-refractivity contribution in [3.8, 4) is 17.2 Å². The third-order valence-corrected chi connectivity index (χ3v) is 5.41. The molecule has 0 amide bonds. The van der Waals surface area contributed by atoms with E-state index in [2.05, 4.69) is 0 Å². The van der Waals surface area contributed by atoms with Crippen LogP contribution in [0.25, 0.3) is 10.8 Å². The first kappa shape index (κ1) is 21.5. The maximum absolute atomic E-state index is 11.2. The number of phenolic OH excluding ortho intramolecular Hbond substituents is 2. The lowest BCUT2D eigenvalue weighted by molar-refractivity contribution is -0.138. The topological polar surface area (TPSA) is 87.0 Å². The molecule has 1 unspecified atom stereocenters. The molecule has 0 saturated heterocycles. The molecule has 3 rings (SSSR count). The highest BCUT2D eigenvalue weighted by molar-refractivity contribution is 5.86. The Bertz CT molecular complexity index is 1010. The lowest BCUT2D eigenvalue weighted by Crippen LogP contribution is -2.07. The van der Waals surface area contributed by atoms with Crippen LogP contribution in [0.1, 0.15) is 49.7 Å². The van der Waals surface area contributed by atoms with Gasteiger partial charge in [0.2, 0.25) is 0 Å². The molecular formula is C25H28O5. The third kappa shape index (κ3) is 5.44. The lowest BCUT2D eigenvalue weighted by Gasteiger charge is -2.10. The van der Waals surface area contributed by atoms with Crippen molar-refractivity contribution >= 4 is 16.7 Å². The Hall–Kier alpha value is -3.21. The summed E-state index contributed by atoms with van der Waals surface area (Å²) in [5.41, 5.74) is 1.58. The summed E-state index contributed by atoms with van der Waals surface area (Å²) in [7, 11) is 0. The molecular weight excluding hydrogens is 380 g/mol. The van der Waals surface area contributed by atoms with Crippen LogP contribution >= 0.6 is 0 Å². The number of rotatable bonds is 10. The molecule has 0 saturated carbocycles. The number of phenols is 2. The number of para-hydroxylation sites is 1. The Morgan fingerprint density at radius 2 is 1.67 bits per heavy atom. The summed E-state index contributed by atoms with van der Waals surface area (Å²) in [4.78, 5) is 11.2. The summed E-state index contributed by atoms with van der Waals surface area (Å²) in [6, 6.07) is 16.6. The van der Waals surface area contributed by atoms with Crippen LogP contribution in [0, 0.1) is 0 Å². The van der Waals surface area contributed by atoms with Crippen molar-refractivity contribution in [3.63, 3.8) is 0 Å². The van der Waals surface area contributed by atoms with Gasteiger partial charge in [0.15, 0.2) is 11.5 Å². The van der Waals surface area contributed by atoms with Crippen molar-refractivity contribution in [3.05, 3.63) is 65.7 Å². The Labute approximate surface area is 176 Å². The number of aliphatic carboxylic acids is 1. The fourth-order valence-corrected chi connectivity index (χ4v) is 3.48. The lowest BCUT2D eigenvalue weighted by atomic mass is 9.98. The first-order chi connectivity index (χ1) is 14.5. The van der Waals surface area contributed by atoms with Gasteiger partial charge in [0.1, 0.15) is 5.75 Å². The Kier molecular flexibility index (Phi) is 7.17. The van der Waals surface area contributed by atoms with Crippen LogP contribution in [0.15, 0.2) is 54.6 Å². The van der Waals surface area contributed by atoms with Gasteiger partial charge in [-0.25, -0.2) is 0 Å². The Morgan fingerprint density at radius 1 is 0.933 bits per heavy atom. The number of aromatic hydroxyl groups is 2. The number of hydrogen-bond acceptors (Lipinski definition) is 4. The fourth-order valence-electron chi connectivity index (χ4n) is 3.48. The van der Waals surface area contributed by atoms with Crippen molar-refractivity contribution in [2.45, 2.75) is 44.9 Å².